The molecule has 1 aliphatic rings. The summed E-state index contributed by atoms with van der Waals surface area (Å²) >= 11 is 12.1. The zero-order valence-electron chi connectivity index (χ0n) is 20.7. The summed E-state index contributed by atoms with van der Waals surface area (Å²) in [5.41, 5.74) is 1.01. The van der Waals surface area contributed by atoms with Crippen LogP contribution in [-0.2, 0) is 13.0 Å². The third-order valence-electron chi connectivity index (χ3n) is 6.14. The molecule has 1 atom stereocenters. The van der Waals surface area contributed by atoms with E-state index in [2.05, 4.69) is 10.6 Å². The molecule has 0 bridgehead atoms. The maximum absolute atomic E-state index is 14.8. The molecule has 0 spiro atoms. The minimum Gasteiger partial charge on any atom is -0.355 e. The lowest BCUT2D eigenvalue weighted by molar-refractivity contribution is 0.0653. The molecule has 0 fully saturated rings. The Balaban J connectivity index is 1.78. The summed E-state index contributed by atoms with van der Waals surface area (Å²) in [6.45, 7) is 5.73. The van der Waals surface area contributed by atoms with E-state index in [1.807, 2.05) is 20.8 Å². The van der Waals surface area contributed by atoms with Gasteiger partial charge in [0.1, 0.15) is 5.82 Å². The quantitative estimate of drug-likeness (QED) is 0.493. The number of nitrogens with zero attached hydrogens (tertiary/aromatic N) is 3. The number of hydrogen-bond acceptors (Lipinski definition) is 5. The molecule has 11 heteroatoms. The zero-order chi connectivity index (χ0) is 27.0. The van der Waals surface area contributed by atoms with Gasteiger partial charge in [0, 0.05) is 30.3 Å². The van der Waals surface area contributed by atoms with Crippen molar-refractivity contribution in [2.45, 2.75) is 45.8 Å². The van der Waals surface area contributed by atoms with Crippen molar-refractivity contribution in [2.75, 3.05) is 12.4 Å². The highest BCUT2D eigenvalue weighted by Gasteiger charge is 2.32. The molecule has 4 rings (SSSR count). The Morgan fingerprint density at radius 2 is 1.86 bits per heavy atom. The minimum absolute atomic E-state index is 0.0948. The second kappa shape index (κ2) is 10.5. The van der Waals surface area contributed by atoms with Crippen LogP contribution in [-0.4, -0.2) is 45.4 Å². The Bertz CT molecular complexity index is 1460. The molecular weight excluding hydrogens is 520 g/mol. The van der Waals surface area contributed by atoms with E-state index < -0.39 is 11.7 Å². The molecule has 0 saturated heterocycles. The van der Waals surface area contributed by atoms with Crippen LogP contribution in [0.5, 0.6) is 0 Å². The average molecular weight is 546 g/mol. The lowest BCUT2D eigenvalue weighted by atomic mass is 9.98. The molecule has 1 aromatic heterocycles. The van der Waals surface area contributed by atoms with Crippen LogP contribution in [0.2, 0.25) is 10.0 Å². The fraction of sp³-hybridized carbons (Fsp3) is 0.308. The van der Waals surface area contributed by atoms with Crippen LogP contribution in [0.1, 0.15) is 52.7 Å². The Labute approximate surface area is 223 Å². The van der Waals surface area contributed by atoms with Crippen molar-refractivity contribution in [1.82, 2.24) is 19.8 Å². The van der Waals surface area contributed by atoms with Gasteiger partial charge in [0.15, 0.2) is 0 Å². The summed E-state index contributed by atoms with van der Waals surface area (Å²) in [6, 6.07) is 8.25. The monoisotopic (exact) mass is 545 g/mol. The largest absolute Gasteiger partial charge is 0.355 e. The normalized spacial score (nSPS) is 14.9. The van der Waals surface area contributed by atoms with Gasteiger partial charge in [-0.25, -0.2) is 13.9 Å². The third kappa shape index (κ3) is 5.19. The highest BCUT2D eigenvalue weighted by Crippen LogP contribution is 2.28. The van der Waals surface area contributed by atoms with E-state index in [9.17, 15) is 18.8 Å². The highest BCUT2D eigenvalue weighted by atomic mass is 35.5. The van der Waals surface area contributed by atoms with Gasteiger partial charge in [-0.1, -0.05) is 23.2 Å². The molecule has 0 aliphatic carbocycles. The molecule has 2 N–H and O–H groups in total. The first kappa shape index (κ1) is 26.6. The van der Waals surface area contributed by atoms with Crippen LogP contribution in [0.15, 0.2) is 41.2 Å². The lowest BCUT2D eigenvalue weighted by Gasteiger charge is -2.34. The van der Waals surface area contributed by atoms with Crippen molar-refractivity contribution in [2.24, 2.45) is 0 Å². The predicted octanol–water partition coefficient (Wildman–Crippen LogP) is 4.45. The van der Waals surface area contributed by atoms with Gasteiger partial charge in [-0.05, 0) is 63.6 Å². The number of nitrogens with one attached hydrogen (secondary N) is 2. The van der Waals surface area contributed by atoms with E-state index in [0.717, 1.165) is 6.07 Å². The smallest absolute Gasteiger partial charge is 0.263 e. The van der Waals surface area contributed by atoms with Crippen molar-refractivity contribution < 1.29 is 14.0 Å². The van der Waals surface area contributed by atoms with E-state index >= 15 is 0 Å². The summed E-state index contributed by atoms with van der Waals surface area (Å²) < 4.78 is 16.1. The molecule has 194 valence electrons. The summed E-state index contributed by atoms with van der Waals surface area (Å²) in [5, 5.41) is 6.16. The maximum Gasteiger partial charge on any atom is 0.263 e. The van der Waals surface area contributed by atoms with Crippen LogP contribution in [0.3, 0.4) is 0 Å². The van der Waals surface area contributed by atoms with Crippen molar-refractivity contribution in [3.8, 4) is 5.69 Å². The molecule has 2 amide bonds. The number of anilines is 1. The molecule has 2 aromatic carbocycles. The summed E-state index contributed by atoms with van der Waals surface area (Å²) in [6.07, 6.45) is 0.259. The van der Waals surface area contributed by atoms with Gasteiger partial charge in [-0.15, -0.1) is 0 Å². The molecule has 1 aliphatic heterocycles. The van der Waals surface area contributed by atoms with E-state index in [1.165, 1.54) is 29.8 Å². The van der Waals surface area contributed by atoms with E-state index in [4.69, 9.17) is 28.2 Å². The van der Waals surface area contributed by atoms with Crippen molar-refractivity contribution in [3.63, 3.8) is 0 Å². The number of carbonyl (C=O) groups excluding carboxylic acids is 2. The summed E-state index contributed by atoms with van der Waals surface area (Å²) in [4.78, 5) is 45.3. The van der Waals surface area contributed by atoms with Crippen LogP contribution < -0.4 is 16.2 Å². The first-order chi connectivity index (χ1) is 17.5. The van der Waals surface area contributed by atoms with Gasteiger partial charge in [0.25, 0.3) is 17.4 Å². The first-order valence-corrected chi connectivity index (χ1v) is 12.5. The zero-order valence-corrected chi connectivity index (χ0v) is 22.2. The van der Waals surface area contributed by atoms with Crippen LogP contribution in [0, 0.1) is 5.82 Å². The number of rotatable bonds is 5. The van der Waals surface area contributed by atoms with Crippen LogP contribution in [0.25, 0.3) is 5.69 Å². The maximum atomic E-state index is 14.8. The van der Waals surface area contributed by atoms with Gasteiger partial charge in [0.2, 0.25) is 5.95 Å². The van der Waals surface area contributed by atoms with Crippen molar-refractivity contribution in [1.29, 1.82) is 0 Å². The number of fused-ring (bicyclic) bond motifs is 1. The molecule has 0 unspecified atom stereocenters. The second-order valence-corrected chi connectivity index (χ2v) is 9.97. The Morgan fingerprint density at radius 1 is 1.14 bits per heavy atom. The summed E-state index contributed by atoms with van der Waals surface area (Å²) in [5.74, 6) is -1.37. The Morgan fingerprint density at radius 3 is 2.49 bits per heavy atom. The molecule has 0 radical (unpaired) electrons. The van der Waals surface area contributed by atoms with Crippen LogP contribution in [0.4, 0.5) is 10.3 Å². The molecule has 0 saturated carbocycles. The van der Waals surface area contributed by atoms with E-state index in [-0.39, 0.29) is 58.7 Å². The van der Waals surface area contributed by atoms with Crippen LogP contribution >= 0.6 is 23.2 Å². The Kier molecular flexibility index (Phi) is 7.57. The molecule has 2 heterocycles. The van der Waals surface area contributed by atoms with Crippen molar-refractivity contribution >= 4 is 41.0 Å². The van der Waals surface area contributed by atoms with Crippen molar-refractivity contribution in [3.05, 3.63) is 85.0 Å². The molecular formula is C26H26Cl2FN5O3. The van der Waals surface area contributed by atoms with Gasteiger partial charge < -0.3 is 15.5 Å². The number of aromatic nitrogens is 2. The topological polar surface area (TPSA) is 96.3 Å². The van der Waals surface area contributed by atoms with Gasteiger partial charge in [-0.3, -0.25) is 14.4 Å². The van der Waals surface area contributed by atoms with E-state index in [1.54, 1.807) is 17.0 Å². The fourth-order valence-corrected chi connectivity index (χ4v) is 4.58. The minimum atomic E-state index is -0.760. The number of hydrogen-bond donors (Lipinski definition) is 2. The molecule has 8 nitrogen and oxygen atoms in total. The van der Waals surface area contributed by atoms with Gasteiger partial charge in [-0.2, -0.15) is 0 Å². The lowest BCUT2D eigenvalue weighted by Crippen LogP contribution is -2.46. The number of carbonyl (C=O) groups is 2. The summed E-state index contributed by atoms with van der Waals surface area (Å²) in [7, 11) is 1.41. The number of amides is 2. The fourth-order valence-electron chi connectivity index (χ4n) is 4.28. The number of benzene rings is 2. The SMILES string of the molecule is CNC(=O)c1ccc(-n2c(NC(C)C)nc3c(c2=O)C[C@@H](C)N(C(=O)c2ccc(Cl)c(Cl)c2)C3)cc1F. The molecule has 3 aromatic rings. The standard InChI is InChI=1S/C26H26Cl2FN5O3/c1-13(2)31-26-32-22-12-33(24(36)15-5-8-19(27)20(28)10-15)14(3)9-18(22)25(37)34(26)16-6-7-17(21(29)11-16)23(35)30-4/h5-8,10-11,13-14H,9,12H2,1-4H3,(H,30,35)(H,31,32)/t14-/m1/s1. The van der Waals surface area contributed by atoms with E-state index in [0.29, 0.717) is 21.8 Å². The number of halogens is 3. The average Bonchev–Trinajstić information content (AvgIpc) is 2.85. The van der Waals surface area contributed by atoms with Gasteiger partial charge >= 0.3 is 0 Å². The third-order valence-corrected chi connectivity index (χ3v) is 6.88. The predicted molar refractivity (Wildman–Crippen MR) is 141 cm³/mol. The Hall–Kier alpha value is -3.43. The highest BCUT2D eigenvalue weighted by molar-refractivity contribution is 6.42. The first-order valence-electron chi connectivity index (χ1n) is 11.7. The second-order valence-electron chi connectivity index (χ2n) is 9.16. The molecule has 37 heavy (non-hydrogen) atoms. The van der Waals surface area contributed by atoms with Gasteiger partial charge in [0.05, 0.1) is 33.5 Å².